The molecule has 0 aromatic carbocycles. The van der Waals surface area contributed by atoms with E-state index in [2.05, 4.69) is 4.74 Å². The molecule has 0 aromatic heterocycles. The average Bonchev–Trinajstić information content (AvgIpc) is 1.56. The summed E-state index contributed by atoms with van der Waals surface area (Å²) < 4.78 is 38.6. The fourth-order valence-corrected chi connectivity index (χ4v) is 0.336. The van der Waals surface area contributed by atoms with E-state index in [0.29, 0.717) is 0 Å². The standard InChI is InChI=1S/C6H9F3O2.ClH/c1-5(2,3)11-4(10)6(7,8)9;/h1-3H3;1H. The van der Waals surface area contributed by atoms with E-state index in [1.807, 2.05) is 0 Å². The van der Waals surface area contributed by atoms with Crippen molar-refractivity contribution in [3.05, 3.63) is 0 Å². The van der Waals surface area contributed by atoms with Gasteiger partial charge in [0, 0.05) is 0 Å². The maximum Gasteiger partial charge on any atom is 0.490 e. The second-order valence-electron chi connectivity index (χ2n) is 3.00. The first kappa shape index (κ1) is 14.1. The van der Waals surface area contributed by atoms with Gasteiger partial charge in [-0.15, -0.1) is 12.4 Å². The molecule has 12 heavy (non-hydrogen) atoms. The molecule has 0 amide bonds. The Bertz CT molecular complexity index is 159. The van der Waals surface area contributed by atoms with Crippen LogP contribution in [0.4, 0.5) is 13.2 Å². The van der Waals surface area contributed by atoms with E-state index in [4.69, 9.17) is 0 Å². The first-order valence-electron chi connectivity index (χ1n) is 2.93. The molecule has 2 nitrogen and oxygen atoms in total. The average molecular weight is 207 g/mol. The number of hydrogen-bond acceptors (Lipinski definition) is 2. The molecule has 0 aliphatic rings. The summed E-state index contributed by atoms with van der Waals surface area (Å²) in [5.41, 5.74) is -1.09. The van der Waals surface area contributed by atoms with E-state index >= 15 is 0 Å². The molecular formula is C6H10ClF3O2. The summed E-state index contributed by atoms with van der Waals surface area (Å²) >= 11 is 0. The van der Waals surface area contributed by atoms with Crippen LogP contribution in [-0.4, -0.2) is 17.7 Å². The summed E-state index contributed by atoms with van der Waals surface area (Å²) in [6, 6.07) is 0. The number of carbonyl (C=O) groups is 1. The zero-order chi connectivity index (χ0) is 9.28. The molecule has 74 valence electrons. The van der Waals surface area contributed by atoms with Gasteiger partial charge < -0.3 is 4.74 Å². The van der Waals surface area contributed by atoms with Crippen molar-refractivity contribution in [2.24, 2.45) is 0 Å². The number of carbonyl (C=O) groups excluding carboxylic acids is 1. The van der Waals surface area contributed by atoms with Gasteiger partial charge >= 0.3 is 12.1 Å². The van der Waals surface area contributed by atoms with Gasteiger partial charge in [-0.25, -0.2) is 4.79 Å². The van der Waals surface area contributed by atoms with Gasteiger partial charge in [-0.05, 0) is 20.8 Å². The second-order valence-corrected chi connectivity index (χ2v) is 3.00. The van der Waals surface area contributed by atoms with Gasteiger partial charge in [0.25, 0.3) is 0 Å². The predicted molar refractivity (Wildman–Crippen MR) is 39.1 cm³/mol. The molecule has 0 fully saturated rings. The second kappa shape index (κ2) is 3.98. The van der Waals surface area contributed by atoms with E-state index in [9.17, 15) is 18.0 Å². The van der Waals surface area contributed by atoms with Gasteiger partial charge in [-0.1, -0.05) is 0 Å². The monoisotopic (exact) mass is 206 g/mol. The van der Waals surface area contributed by atoms with Gasteiger partial charge in [-0.2, -0.15) is 13.2 Å². The maximum absolute atomic E-state index is 11.5. The van der Waals surface area contributed by atoms with Crippen molar-refractivity contribution in [2.75, 3.05) is 0 Å². The molecule has 0 unspecified atom stereocenters. The predicted octanol–water partition coefficient (Wildman–Crippen LogP) is 2.31. The third-order valence-electron chi connectivity index (χ3n) is 0.630. The zero-order valence-electron chi connectivity index (χ0n) is 6.86. The van der Waals surface area contributed by atoms with E-state index in [1.54, 1.807) is 0 Å². The summed E-state index contributed by atoms with van der Waals surface area (Å²) in [6.07, 6.45) is -4.90. The van der Waals surface area contributed by atoms with Crippen LogP contribution in [0, 0.1) is 0 Å². The third kappa shape index (κ3) is 6.27. The molecule has 0 rings (SSSR count). The van der Waals surface area contributed by atoms with Crippen LogP contribution in [0.5, 0.6) is 0 Å². The minimum absolute atomic E-state index is 0. The molecule has 0 aliphatic heterocycles. The highest BCUT2D eigenvalue weighted by atomic mass is 35.5. The number of hydrogen-bond donors (Lipinski definition) is 0. The van der Waals surface area contributed by atoms with Gasteiger partial charge in [0.2, 0.25) is 0 Å². The molecule has 0 aliphatic carbocycles. The Kier molecular flexibility index (Phi) is 4.67. The molecule has 0 saturated carbocycles. The molecule has 0 radical (unpaired) electrons. The third-order valence-corrected chi connectivity index (χ3v) is 0.630. The minimum atomic E-state index is -4.90. The Morgan fingerprint density at radius 2 is 1.50 bits per heavy atom. The van der Waals surface area contributed by atoms with E-state index in [-0.39, 0.29) is 12.4 Å². The molecule has 0 bridgehead atoms. The summed E-state index contributed by atoms with van der Waals surface area (Å²) in [6.45, 7) is 4.12. The van der Waals surface area contributed by atoms with Crippen molar-refractivity contribution in [1.29, 1.82) is 0 Å². The van der Waals surface area contributed by atoms with E-state index in [1.165, 1.54) is 20.8 Å². The first-order valence-corrected chi connectivity index (χ1v) is 2.93. The lowest BCUT2D eigenvalue weighted by atomic mass is 10.2. The number of alkyl halides is 3. The lowest BCUT2D eigenvalue weighted by molar-refractivity contribution is -0.210. The Morgan fingerprint density at radius 1 is 1.17 bits per heavy atom. The van der Waals surface area contributed by atoms with Crippen LogP contribution >= 0.6 is 12.4 Å². The van der Waals surface area contributed by atoms with Crippen LogP contribution in [0.1, 0.15) is 20.8 Å². The van der Waals surface area contributed by atoms with Crippen LogP contribution in [0.2, 0.25) is 0 Å². The summed E-state index contributed by atoms with van der Waals surface area (Å²) in [4.78, 5) is 10.1. The fraction of sp³-hybridized carbons (Fsp3) is 0.833. The molecule has 6 heteroatoms. The Labute approximate surface area is 74.5 Å². The highest BCUT2D eigenvalue weighted by Crippen LogP contribution is 2.20. The summed E-state index contributed by atoms with van der Waals surface area (Å²) in [7, 11) is 0. The highest BCUT2D eigenvalue weighted by molar-refractivity contribution is 5.85. The minimum Gasteiger partial charge on any atom is -0.453 e. The topological polar surface area (TPSA) is 26.3 Å². The fourth-order valence-electron chi connectivity index (χ4n) is 0.336. The Hall–Kier alpha value is -0.450. The van der Waals surface area contributed by atoms with Crippen molar-refractivity contribution in [1.82, 2.24) is 0 Å². The van der Waals surface area contributed by atoms with Gasteiger partial charge in [-0.3, -0.25) is 0 Å². The quantitative estimate of drug-likeness (QED) is 0.569. The van der Waals surface area contributed by atoms with Crippen molar-refractivity contribution in [3.63, 3.8) is 0 Å². The van der Waals surface area contributed by atoms with Crippen LogP contribution in [-0.2, 0) is 9.53 Å². The normalized spacial score (nSPS) is 11.8. The maximum atomic E-state index is 11.5. The summed E-state index contributed by atoms with van der Waals surface area (Å²) in [5, 5.41) is 0. The molecule has 0 heterocycles. The van der Waals surface area contributed by atoms with Crippen LogP contribution in [0.3, 0.4) is 0 Å². The Balaban J connectivity index is 0. The first-order chi connectivity index (χ1) is 4.63. The molecule has 0 aromatic rings. The van der Waals surface area contributed by atoms with E-state index < -0.39 is 17.7 Å². The molecule has 0 N–H and O–H groups in total. The van der Waals surface area contributed by atoms with Crippen LogP contribution in [0.15, 0.2) is 0 Å². The highest BCUT2D eigenvalue weighted by Gasteiger charge is 2.42. The number of ether oxygens (including phenoxy) is 1. The number of rotatable bonds is 0. The van der Waals surface area contributed by atoms with Gasteiger partial charge in [0.05, 0.1) is 0 Å². The lowest BCUT2D eigenvalue weighted by Gasteiger charge is -2.19. The van der Waals surface area contributed by atoms with Crippen molar-refractivity contribution >= 4 is 18.4 Å². The number of halogens is 4. The number of esters is 1. The van der Waals surface area contributed by atoms with Crippen molar-refractivity contribution in [2.45, 2.75) is 32.5 Å². The van der Waals surface area contributed by atoms with Gasteiger partial charge in [0.1, 0.15) is 5.60 Å². The smallest absolute Gasteiger partial charge is 0.453 e. The molecule has 0 saturated heterocycles. The lowest BCUT2D eigenvalue weighted by Crippen LogP contribution is -2.33. The van der Waals surface area contributed by atoms with Gasteiger partial charge in [0.15, 0.2) is 0 Å². The molecular weight excluding hydrogens is 197 g/mol. The van der Waals surface area contributed by atoms with Crippen LogP contribution < -0.4 is 0 Å². The van der Waals surface area contributed by atoms with Crippen molar-refractivity contribution < 1.29 is 22.7 Å². The molecule has 0 spiro atoms. The largest absolute Gasteiger partial charge is 0.490 e. The SMILES string of the molecule is CC(C)(C)OC(=O)C(F)(F)F.Cl. The van der Waals surface area contributed by atoms with E-state index in [0.717, 1.165) is 0 Å². The molecule has 0 atom stereocenters. The van der Waals surface area contributed by atoms with Crippen LogP contribution in [0.25, 0.3) is 0 Å². The van der Waals surface area contributed by atoms with Crippen molar-refractivity contribution in [3.8, 4) is 0 Å². The Morgan fingerprint density at radius 3 is 1.58 bits per heavy atom. The summed E-state index contributed by atoms with van der Waals surface area (Å²) in [5.74, 6) is -2.15. The zero-order valence-corrected chi connectivity index (χ0v) is 7.68.